The van der Waals surface area contributed by atoms with Crippen molar-refractivity contribution in [2.75, 3.05) is 7.11 Å². The lowest BCUT2D eigenvalue weighted by atomic mass is 10.1. The first kappa shape index (κ1) is 21.2. The molecular formula is C24H25F2NO4. The number of methoxy groups -OCH3 is 1. The van der Waals surface area contributed by atoms with E-state index >= 15 is 0 Å². The van der Waals surface area contributed by atoms with Gasteiger partial charge in [0.25, 0.3) is 0 Å². The number of hydrogen-bond acceptors (Lipinski definition) is 4. The molecule has 7 heteroatoms. The summed E-state index contributed by atoms with van der Waals surface area (Å²) in [6, 6.07) is 11.0. The van der Waals surface area contributed by atoms with E-state index in [1.807, 2.05) is 17.0 Å². The lowest BCUT2D eigenvalue weighted by Gasteiger charge is -2.23. The van der Waals surface area contributed by atoms with Gasteiger partial charge >= 0.3 is 6.61 Å². The van der Waals surface area contributed by atoms with Crippen LogP contribution in [0.25, 0.3) is 11.0 Å². The molecular weight excluding hydrogens is 404 g/mol. The molecule has 3 aromatic rings. The van der Waals surface area contributed by atoms with Crippen molar-refractivity contribution >= 4 is 16.9 Å². The first-order chi connectivity index (χ1) is 15.0. The highest BCUT2D eigenvalue weighted by Crippen LogP contribution is 2.33. The monoisotopic (exact) mass is 429 g/mol. The number of benzene rings is 2. The number of alkyl halides is 2. The molecule has 1 fully saturated rings. The van der Waals surface area contributed by atoms with Crippen LogP contribution in [0, 0.1) is 0 Å². The SMILES string of the molecule is CCc1ccc2c(CC(=O)N(Cc3ccc(OC(F)F)c(OC)c3)C3CC3)coc2c1. The Balaban J connectivity index is 1.51. The molecule has 0 aliphatic heterocycles. The summed E-state index contributed by atoms with van der Waals surface area (Å²) in [7, 11) is 1.40. The van der Waals surface area contributed by atoms with Gasteiger partial charge in [0.2, 0.25) is 5.91 Å². The van der Waals surface area contributed by atoms with Gasteiger partial charge in [-0.2, -0.15) is 8.78 Å². The highest BCUT2D eigenvalue weighted by atomic mass is 19.3. The fourth-order valence-corrected chi connectivity index (χ4v) is 3.76. The van der Waals surface area contributed by atoms with E-state index in [0.717, 1.165) is 41.4 Å². The molecule has 0 N–H and O–H groups in total. The average Bonchev–Trinajstić information content (AvgIpc) is 3.53. The molecule has 1 heterocycles. The van der Waals surface area contributed by atoms with Gasteiger partial charge in [-0.05, 0) is 48.6 Å². The average molecular weight is 429 g/mol. The molecule has 0 radical (unpaired) electrons. The van der Waals surface area contributed by atoms with E-state index < -0.39 is 6.61 Å². The summed E-state index contributed by atoms with van der Waals surface area (Å²) in [6.07, 6.45) is 4.75. The molecule has 0 unspecified atom stereocenters. The summed E-state index contributed by atoms with van der Waals surface area (Å²) >= 11 is 0. The topological polar surface area (TPSA) is 51.9 Å². The third-order valence-corrected chi connectivity index (χ3v) is 5.58. The number of ether oxygens (including phenoxy) is 2. The van der Waals surface area contributed by atoms with E-state index in [1.165, 1.54) is 18.7 Å². The third-order valence-electron chi connectivity index (χ3n) is 5.58. The van der Waals surface area contributed by atoms with Gasteiger partial charge in [0.05, 0.1) is 19.8 Å². The van der Waals surface area contributed by atoms with Crippen molar-refractivity contribution in [2.24, 2.45) is 0 Å². The first-order valence-electron chi connectivity index (χ1n) is 10.4. The molecule has 0 bridgehead atoms. The molecule has 5 nitrogen and oxygen atoms in total. The summed E-state index contributed by atoms with van der Waals surface area (Å²) in [5, 5.41) is 0.955. The minimum Gasteiger partial charge on any atom is -0.493 e. The number of hydrogen-bond donors (Lipinski definition) is 0. The van der Waals surface area contributed by atoms with Gasteiger partial charge in [-0.1, -0.05) is 25.1 Å². The Hall–Kier alpha value is -3.09. The molecule has 164 valence electrons. The standard InChI is InChI=1S/C24H25F2NO4/c1-3-15-4-8-19-17(14-30-21(19)10-15)12-23(28)27(18-6-7-18)13-16-5-9-20(31-24(25)26)22(11-16)29-2/h4-5,8-11,14,18,24H,3,6-7,12-13H2,1-2H3. The van der Waals surface area contributed by atoms with E-state index in [4.69, 9.17) is 9.15 Å². The second kappa shape index (κ2) is 8.96. The van der Waals surface area contributed by atoms with Crippen LogP contribution in [0.1, 0.15) is 36.5 Å². The fraction of sp³-hybridized carbons (Fsp3) is 0.375. The lowest BCUT2D eigenvalue weighted by Crippen LogP contribution is -2.33. The maximum Gasteiger partial charge on any atom is 0.387 e. The van der Waals surface area contributed by atoms with Crippen molar-refractivity contribution < 1.29 is 27.5 Å². The molecule has 0 atom stereocenters. The molecule has 1 aliphatic rings. The smallest absolute Gasteiger partial charge is 0.387 e. The van der Waals surface area contributed by atoms with Gasteiger partial charge in [-0.15, -0.1) is 0 Å². The van der Waals surface area contributed by atoms with Crippen LogP contribution in [0.4, 0.5) is 8.78 Å². The molecule has 1 saturated carbocycles. The van der Waals surface area contributed by atoms with Crippen molar-refractivity contribution in [1.29, 1.82) is 0 Å². The van der Waals surface area contributed by atoms with E-state index in [-0.39, 0.29) is 29.9 Å². The van der Waals surface area contributed by atoms with Gasteiger partial charge < -0.3 is 18.8 Å². The minimum atomic E-state index is -2.93. The summed E-state index contributed by atoms with van der Waals surface area (Å²) in [5.41, 5.74) is 3.64. The van der Waals surface area contributed by atoms with Crippen LogP contribution < -0.4 is 9.47 Å². The van der Waals surface area contributed by atoms with Gasteiger partial charge in [0.1, 0.15) is 5.58 Å². The van der Waals surface area contributed by atoms with Gasteiger partial charge in [0, 0.05) is 23.5 Å². The summed E-state index contributed by atoms with van der Waals surface area (Å²) in [6.45, 7) is -0.462. The Labute approximate surface area is 179 Å². The second-order valence-electron chi connectivity index (χ2n) is 7.74. The Kier molecular flexibility index (Phi) is 6.11. The summed E-state index contributed by atoms with van der Waals surface area (Å²) < 4.78 is 40.5. The van der Waals surface area contributed by atoms with Crippen molar-refractivity contribution in [3.05, 3.63) is 59.4 Å². The normalized spacial score (nSPS) is 13.6. The van der Waals surface area contributed by atoms with Crippen LogP contribution in [0.3, 0.4) is 0 Å². The zero-order valence-electron chi connectivity index (χ0n) is 17.6. The molecule has 4 rings (SSSR count). The number of amides is 1. The number of carbonyl (C=O) groups is 1. The van der Waals surface area contributed by atoms with Crippen molar-refractivity contribution in [1.82, 2.24) is 4.90 Å². The van der Waals surface area contributed by atoms with E-state index in [2.05, 4.69) is 17.7 Å². The largest absolute Gasteiger partial charge is 0.493 e. The van der Waals surface area contributed by atoms with E-state index in [0.29, 0.717) is 6.54 Å². The Morgan fingerprint density at radius 3 is 2.61 bits per heavy atom. The van der Waals surface area contributed by atoms with Crippen molar-refractivity contribution in [3.63, 3.8) is 0 Å². The predicted octanol–water partition coefficient (Wildman–Crippen LogP) is 5.34. The van der Waals surface area contributed by atoms with Crippen LogP contribution in [0.2, 0.25) is 0 Å². The van der Waals surface area contributed by atoms with Crippen LogP contribution >= 0.6 is 0 Å². The van der Waals surface area contributed by atoms with E-state index in [1.54, 1.807) is 18.4 Å². The maximum atomic E-state index is 13.2. The molecule has 0 spiro atoms. The van der Waals surface area contributed by atoms with Crippen LogP contribution in [-0.4, -0.2) is 30.6 Å². The second-order valence-corrected chi connectivity index (χ2v) is 7.74. The lowest BCUT2D eigenvalue weighted by molar-refractivity contribution is -0.131. The zero-order valence-corrected chi connectivity index (χ0v) is 17.6. The minimum absolute atomic E-state index is 0.0108. The van der Waals surface area contributed by atoms with Crippen molar-refractivity contribution in [3.8, 4) is 11.5 Å². The molecule has 1 aromatic heterocycles. The van der Waals surface area contributed by atoms with Crippen molar-refractivity contribution in [2.45, 2.75) is 51.8 Å². The maximum absolute atomic E-state index is 13.2. The van der Waals surface area contributed by atoms with E-state index in [9.17, 15) is 13.6 Å². The fourth-order valence-electron chi connectivity index (χ4n) is 3.76. The summed E-state index contributed by atoms with van der Waals surface area (Å²) in [5.74, 6) is 0.201. The Morgan fingerprint density at radius 2 is 1.94 bits per heavy atom. The quantitative estimate of drug-likeness (QED) is 0.461. The predicted molar refractivity (Wildman–Crippen MR) is 112 cm³/mol. The molecule has 31 heavy (non-hydrogen) atoms. The number of furan rings is 1. The number of nitrogens with zero attached hydrogens (tertiary/aromatic N) is 1. The third kappa shape index (κ3) is 4.81. The van der Waals surface area contributed by atoms with Crippen LogP contribution in [0.15, 0.2) is 47.1 Å². The number of halogens is 2. The number of aryl methyl sites for hydroxylation is 1. The van der Waals surface area contributed by atoms with Gasteiger partial charge in [-0.25, -0.2) is 0 Å². The number of fused-ring (bicyclic) bond motifs is 1. The number of carbonyl (C=O) groups excluding carboxylic acids is 1. The first-order valence-corrected chi connectivity index (χ1v) is 10.4. The van der Waals surface area contributed by atoms with Gasteiger partial charge in [-0.3, -0.25) is 4.79 Å². The van der Waals surface area contributed by atoms with Crippen LogP contribution in [0.5, 0.6) is 11.5 Å². The molecule has 0 saturated heterocycles. The zero-order chi connectivity index (χ0) is 22.0. The highest BCUT2D eigenvalue weighted by Gasteiger charge is 2.33. The Morgan fingerprint density at radius 1 is 1.16 bits per heavy atom. The highest BCUT2D eigenvalue weighted by molar-refractivity contribution is 5.88. The Bertz CT molecular complexity index is 1070. The molecule has 1 aliphatic carbocycles. The van der Waals surface area contributed by atoms with Gasteiger partial charge in [0.15, 0.2) is 11.5 Å². The molecule has 1 amide bonds. The van der Waals surface area contributed by atoms with Crippen LogP contribution in [-0.2, 0) is 24.2 Å². The summed E-state index contributed by atoms with van der Waals surface area (Å²) in [4.78, 5) is 15.0. The number of rotatable bonds is 9. The molecule has 2 aromatic carbocycles.